The number of aromatic nitrogens is 5. The zero-order chi connectivity index (χ0) is 23.5. The van der Waals surface area contributed by atoms with Crippen molar-refractivity contribution in [3.8, 4) is 5.88 Å². The number of fused-ring (bicyclic) bond motifs is 1. The molecule has 1 N–H and O–H groups in total. The molecule has 0 saturated carbocycles. The van der Waals surface area contributed by atoms with Gasteiger partial charge in [-0.05, 0) is 44.7 Å². The third-order valence-electron chi connectivity index (χ3n) is 5.68. The van der Waals surface area contributed by atoms with E-state index < -0.39 is 0 Å². The van der Waals surface area contributed by atoms with Crippen molar-refractivity contribution in [3.05, 3.63) is 53.4 Å². The smallest absolute Gasteiger partial charge is 0.247 e. The second-order valence-electron chi connectivity index (χ2n) is 8.67. The first-order chi connectivity index (χ1) is 15.8. The minimum Gasteiger partial charge on any atom is -0.475 e. The van der Waals surface area contributed by atoms with E-state index in [-0.39, 0.29) is 31.5 Å². The van der Waals surface area contributed by atoms with Gasteiger partial charge in [-0.15, -0.1) is 0 Å². The zero-order valence-electron chi connectivity index (χ0n) is 20.4. The first-order valence-electron chi connectivity index (χ1n) is 11.4. The monoisotopic (exact) mass is 483 g/mol. The van der Waals surface area contributed by atoms with E-state index in [4.69, 9.17) is 9.72 Å². The number of hydrogen-bond donors (Lipinski definition) is 1. The molecule has 1 amide bonds. The predicted octanol–water partition coefficient (Wildman–Crippen LogP) is 3.28. The van der Waals surface area contributed by atoms with Crippen molar-refractivity contribution in [3.63, 3.8) is 0 Å². The largest absolute Gasteiger partial charge is 0.475 e. The van der Waals surface area contributed by atoms with Crippen molar-refractivity contribution < 1.29 is 9.53 Å². The van der Waals surface area contributed by atoms with Crippen LogP contribution < -0.4 is 15.0 Å². The normalized spacial score (nSPS) is 15.1. The van der Waals surface area contributed by atoms with Crippen LogP contribution >= 0.6 is 13.5 Å². The summed E-state index contributed by atoms with van der Waals surface area (Å²) in [5, 5.41) is 7.45. The van der Waals surface area contributed by atoms with E-state index in [2.05, 4.69) is 20.4 Å². The van der Waals surface area contributed by atoms with Crippen LogP contribution in [0.25, 0.3) is 0 Å². The molecular formula is C24H33N7O2S. The van der Waals surface area contributed by atoms with Crippen molar-refractivity contribution in [1.29, 1.82) is 0 Å². The summed E-state index contributed by atoms with van der Waals surface area (Å²) in [6, 6.07) is 3.69. The van der Waals surface area contributed by atoms with Gasteiger partial charge in [0.1, 0.15) is 17.6 Å². The Morgan fingerprint density at radius 2 is 1.94 bits per heavy atom. The van der Waals surface area contributed by atoms with E-state index in [9.17, 15) is 4.79 Å². The highest BCUT2D eigenvalue weighted by atomic mass is 32.1. The number of carbonyl (C=O) groups is 1. The molecule has 0 saturated heterocycles. The highest BCUT2D eigenvalue weighted by Gasteiger charge is 2.32. The van der Waals surface area contributed by atoms with Crippen molar-refractivity contribution in [2.45, 2.75) is 65.6 Å². The number of amides is 1. The maximum Gasteiger partial charge on any atom is 0.247 e. The quantitative estimate of drug-likeness (QED) is 0.525. The summed E-state index contributed by atoms with van der Waals surface area (Å²) in [5.74, 6) is 2.18. The van der Waals surface area contributed by atoms with Crippen LogP contribution in [0.15, 0.2) is 30.7 Å². The lowest BCUT2D eigenvalue weighted by atomic mass is 10.1. The van der Waals surface area contributed by atoms with Crippen molar-refractivity contribution in [2.24, 2.45) is 0 Å². The van der Waals surface area contributed by atoms with Gasteiger partial charge in [-0.2, -0.15) is 18.6 Å². The zero-order valence-corrected chi connectivity index (χ0v) is 21.4. The SMILES string of the molecule is CC[C@H]1C(=O)Nc2c(C)nc(CCc3cnn(Cc4ccc(OC(C)C)nc4)c3)nc2N1C.S. The molecule has 1 atom stereocenters. The number of carbonyl (C=O) groups excluding carboxylic acids is 1. The van der Waals surface area contributed by atoms with Crippen LogP contribution in [0.3, 0.4) is 0 Å². The fourth-order valence-corrected chi connectivity index (χ4v) is 4.00. The number of nitrogens with one attached hydrogen (secondary N) is 1. The number of anilines is 2. The lowest BCUT2D eigenvalue weighted by molar-refractivity contribution is -0.117. The van der Waals surface area contributed by atoms with Gasteiger partial charge in [-0.3, -0.25) is 9.48 Å². The molecule has 3 aromatic heterocycles. The Morgan fingerprint density at radius 1 is 1.15 bits per heavy atom. The molecule has 34 heavy (non-hydrogen) atoms. The van der Waals surface area contributed by atoms with Crippen LogP contribution in [0.1, 0.15) is 49.8 Å². The molecule has 9 nitrogen and oxygen atoms in total. The first-order valence-corrected chi connectivity index (χ1v) is 11.4. The molecule has 0 radical (unpaired) electrons. The summed E-state index contributed by atoms with van der Waals surface area (Å²) in [6.07, 6.45) is 8.06. The van der Waals surface area contributed by atoms with Crippen LogP contribution in [-0.4, -0.2) is 49.8 Å². The minimum absolute atomic E-state index is 0. The molecule has 182 valence electrons. The Bertz CT molecular complexity index is 1130. The van der Waals surface area contributed by atoms with E-state index in [0.717, 1.165) is 41.3 Å². The van der Waals surface area contributed by atoms with Crippen LogP contribution in [-0.2, 0) is 24.2 Å². The topological polar surface area (TPSA) is 98.1 Å². The summed E-state index contributed by atoms with van der Waals surface area (Å²) < 4.78 is 7.50. The van der Waals surface area contributed by atoms with Gasteiger partial charge in [-0.1, -0.05) is 13.0 Å². The number of rotatable bonds is 8. The van der Waals surface area contributed by atoms with Crippen molar-refractivity contribution in [2.75, 3.05) is 17.3 Å². The average Bonchev–Trinajstić information content (AvgIpc) is 3.22. The molecule has 0 aromatic carbocycles. The van der Waals surface area contributed by atoms with Crippen LogP contribution in [0.5, 0.6) is 5.88 Å². The maximum atomic E-state index is 12.3. The van der Waals surface area contributed by atoms with E-state index >= 15 is 0 Å². The standard InChI is InChI=1S/C24H31N7O2.H2S/c1-6-19-24(32)29-22-16(4)27-20(28-23(22)30(19)5)9-7-18-12-26-31(14-18)13-17-8-10-21(25-11-17)33-15(2)3;/h8,10-12,14-15,19H,6-7,9,13H2,1-5H3,(H,29,32);1H2/t19-;/m0./s1. The minimum atomic E-state index is -0.210. The molecule has 0 spiro atoms. The van der Waals surface area contributed by atoms with Gasteiger partial charge in [0.15, 0.2) is 5.82 Å². The van der Waals surface area contributed by atoms with E-state index in [1.54, 1.807) is 0 Å². The third kappa shape index (κ3) is 5.67. The molecule has 1 aliphatic heterocycles. The number of nitrogens with zero attached hydrogens (tertiary/aromatic N) is 6. The number of hydrogen-bond acceptors (Lipinski definition) is 7. The van der Waals surface area contributed by atoms with Crippen LogP contribution in [0.4, 0.5) is 11.5 Å². The molecule has 4 rings (SSSR count). The van der Waals surface area contributed by atoms with Crippen LogP contribution in [0.2, 0.25) is 0 Å². The Kier molecular flexibility index (Phi) is 8.14. The van der Waals surface area contributed by atoms with Crippen molar-refractivity contribution >= 4 is 30.9 Å². The van der Waals surface area contributed by atoms with E-state index in [0.29, 0.717) is 24.5 Å². The number of pyridine rings is 1. The average molecular weight is 484 g/mol. The Hall–Kier alpha value is -3.14. The first kappa shape index (κ1) is 25.5. The maximum absolute atomic E-state index is 12.3. The summed E-state index contributed by atoms with van der Waals surface area (Å²) in [5.41, 5.74) is 3.68. The van der Waals surface area contributed by atoms with Gasteiger partial charge in [0.05, 0.1) is 24.5 Å². The Morgan fingerprint density at radius 3 is 2.62 bits per heavy atom. The molecule has 4 heterocycles. The van der Waals surface area contributed by atoms with Gasteiger partial charge in [-0.25, -0.2) is 15.0 Å². The molecule has 0 unspecified atom stereocenters. The van der Waals surface area contributed by atoms with Gasteiger partial charge in [0.2, 0.25) is 11.8 Å². The van der Waals surface area contributed by atoms with Gasteiger partial charge < -0.3 is 15.0 Å². The lowest BCUT2D eigenvalue weighted by Crippen LogP contribution is -2.46. The molecule has 10 heteroatoms. The number of ether oxygens (including phenoxy) is 1. The highest BCUT2D eigenvalue weighted by Crippen LogP contribution is 2.32. The highest BCUT2D eigenvalue weighted by molar-refractivity contribution is 7.59. The van der Waals surface area contributed by atoms with Gasteiger partial charge in [0, 0.05) is 31.9 Å². The van der Waals surface area contributed by atoms with Gasteiger partial charge in [0.25, 0.3) is 0 Å². The van der Waals surface area contributed by atoms with Gasteiger partial charge >= 0.3 is 0 Å². The second kappa shape index (κ2) is 10.9. The molecule has 3 aromatic rings. The fourth-order valence-electron chi connectivity index (χ4n) is 4.00. The number of aryl methyl sites for hydroxylation is 3. The van der Waals surface area contributed by atoms with Crippen molar-refractivity contribution in [1.82, 2.24) is 24.7 Å². The fraction of sp³-hybridized carbons (Fsp3) is 0.458. The molecule has 1 aliphatic rings. The summed E-state index contributed by atoms with van der Waals surface area (Å²) in [6.45, 7) is 8.52. The third-order valence-corrected chi connectivity index (χ3v) is 5.68. The summed E-state index contributed by atoms with van der Waals surface area (Å²) >= 11 is 0. The number of likely N-dealkylation sites (N-methyl/N-ethyl adjacent to an activating group) is 1. The molecule has 0 bridgehead atoms. The molecule has 0 fully saturated rings. The lowest BCUT2D eigenvalue weighted by Gasteiger charge is -2.34. The molecule has 0 aliphatic carbocycles. The van der Waals surface area contributed by atoms with Crippen LogP contribution in [0, 0.1) is 6.92 Å². The second-order valence-corrected chi connectivity index (χ2v) is 8.67. The van der Waals surface area contributed by atoms with E-state index in [1.807, 2.05) is 75.0 Å². The summed E-state index contributed by atoms with van der Waals surface area (Å²) in [4.78, 5) is 28.0. The predicted molar refractivity (Wildman–Crippen MR) is 137 cm³/mol. The molecular weight excluding hydrogens is 450 g/mol. The Labute approximate surface area is 207 Å². The summed E-state index contributed by atoms with van der Waals surface area (Å²) in [7, 11) is 1.92. The van der Waals surface area contributed by atoms with E-state index in [1.165, 1.54) is 0 Å². The Balaban J connectivity index is 0.00000324.